The number of fused-ring (bicyclic) bond motifs is 1. The first-order chi connectivity index (χ1) is 9.25. The van der Waals surface area contributed by atoms with Gasteiger partial charge in [-0.3, -0.25) is 10.1 Å². The number of nitrogens with zero attached hydrogens (tertiary/aromatic N) is 3. The average molecular weight is 264 g/mol. The van der Waals surface area contributed by atoms with Gasteiger partial charge in [0.2, 0.25) is 5.52 Å². The fraction of sp³-hybridized carbons (Fsp3) is 0.455. The van der Waals surface area contributed by atoms with Gasteiger partial charge in [-0.15, -0.1) is 0 Å². The monoisotopic (exact) mass is 264 g/mol. The molecule has 0 saturated carbocycles. The lowest BCUT2D eigenvalue weighted by molar-refractivity contribution is -0.383. The number of ether oxygens (including phenoxy) is 1. The molecule has 1 atom stereocenters. The fourth-order valence-corrected chi connectivity index (χ4v) is 2.17. The molecule has 2 heterocycles. The van der Waals surface area contributed by atoms with Crippen molar-refractivity contribution in [3.63, 3.8) is 0 Å². The van der Waals surface area contributed by atoms with Crippen LogP contribution in [0.25, 0.3) is 11.0 Å². The number of nitro groups is 1. The van der Waals surface area contributed by atoms with E-state index in [2.05, 4.69) is 20.3 Å². The Hall–Kier alpha value is -2.22. The first kappa shape index (κ1) is 11.8. The van der Waals surface area contributed by atoms with Crippen LogP contribution in [-0.2, 0) is 0 Å². The van der Waals surface area contributed by atoms with Crippen LogP contribution in [0.2, 0.25) is 0 Å². The van der Waals surface area contributed by atoms with Crippen molar-refractivity contribution in [1.29, 1.82) is 0 Å². The van der Waals surface area contributed by atoms with Gasteiger partial charge in [0.1, 0.15) is 6.10 Å². The molecule has 1 aliphatic rings. The molecule has 100 valence electrons. The van der Waals surface area contributed by atoms with Gasteiger partial charge in [0, 0.05) is 12.6 Å². The van der Waals surface area contributed by atoms with E-state index in [1.807, 2.05) is 0 Å². The number of non-ortho nitro benzene ring substituents is 1. The molecular weight excluding hydrogens is 252 g/mol. The van der Waals surface area contributed by atoms with Crippen molar-refractivity contribution in [3.8, 4) is 5.75 Å². The van der Waals surface area contributed by atoms with Gasteiger partial charge in [0.05, 0.1) is 4.92 Å². The highest BCUT2D eigenvalue weighted by Gasteiger charge is 2.22. The molecule has 0 spiro atoms. The van der Waals surface area contributed by atoms with Crippen LogP contribution >= 0.6 is 0 Å². The summed E-state index contributed by atoms with van der Waals surface area (Å²) in [6, 6.07) is 2.90. The smallest absolute Gasteiger partial charge is 0.301 e. The van der Waals surface area contributed by atoms with Gasteiger partial charge < -0.3 is 10.1 Å². The molecular formula is C11H12N4O4. The average Bonchev–Trinajstić information content (AvgIpc) is 2.89. The predicted molar refractivity (Wildman–Crippen MR) is 65.0 cm³/mol. The zero-order valence-electron chi connectivity index (χ0n) is 10.0. The SMILES string of the molecule is O=[N+]([O-])c1ccc(OC2CCCNC2)c2nonc12. The van der Waals surface area contributed by atoms with Gasteiger partial charge in [0.15, 0.2) is 11.3 Å². The van der Waals surface area contributed by atoms with Gasteiger partial charge in [-0.1, -0.05) is 0 Å². The van der Waals surface area contributed by atoms with E-state index in [9.17, 15) is 10.1 Å². The molecule has 1 fully saturated rings. The summed E-state index contributed by atoms with van der Waals surface area (Å²) >= 11 is 0. The zero-order valence-corrected chi connectivity index (χ0v) is 10.0. The summed E-state index contributed by atoms with van der Waals surface area (Å²) in [5, 5.41) is 21.4. The molecule has 1 aromatic heterocycles. The van der Waals surface area contributed by atoms with Crippen molar-refractivity contribution in [2.75, 3.05) is 13.1 Å². The minimum Gasteiger partial charge on any atom is -0.487 e. The third-order valence-corrected chi connectivity index (χ3v) is 3.10. The van der Waals surface area contributed by atoms with E-state index in [4.69, 9.17) is 4.74 Å². The van der Waals surface area contributed by atoms with Crippen molar-refractivity contribution < 1.29 is 14.3 Å². The van der Waals surface area contributed by atoms with Crippen molar-refractivity contribution >= 4 is 16.7 Å². The second-order valence-electron chi connectivity index (χ2n) is 4.39. The highest BCUT2D eigenvalue weighted by atomic mass is 16.6. The molecule has 0 bridgehead atoms. The van der Waals surface area contributed by atoms with Crippen molar-refractivity contribution in [1.82, 2.24) is 15.6 Å². The topological polar surface area (TPSA) is 103 Å². The summed E-state index contributed by atoms with van der Waals surface area (Å²) in [6.45, 7) is 1.74. The van der Waals surface area contributed by atoms with Crippen LogP contribution in [0, 0.1) is 10.1 Å². The molecule has 1 aliphatic heterocycles. The lowest BCUT2D eigenvalue weighted by Crippen LogP contribution is -2.37. The highest BCUT2D eigenvalue weighted by Crippen LogP contribution is 2.31. The van der Waals surface area contributed by atoms with E-state index in [1.165, 1.54) is 6.07 Å². The van der Waals surface area contributed by atoms with E-state index < -0.39 is 4.92 Å². The first-order valence-corrected chi connectivity index (χ1v) is 6.03. The van der Waals surface area contributed by atoms with Crippen LogP contribution in [0.4, 0.5) is 5.69 Å². The van der Waals surface area contributed by atoms with Gasteiger partial charge in [0.25, 0.3) is 0 Å². The number of benzene rings is 1. The molecule has 1 unspecified atom stereocenters. The van der Waals surface area contributed by atoms with E-state index in [1.54, 1.807) is 6.07 Å². The molecule has 3 rings (SSSR count). The summed E-state index contributed by atoms with van der Waals surface area (Å²) in [4.78, 5) is 10.3. The Balaban J connectivity index is 1.93. The van der Waals surface area contributed by atoms with Crippen LogP contribution < -0.4 is 10.1 Å². The number of nitro benzene ring substituents is 1. The Labute approximate surface area is 107 Å². The molecule has 19 heavy (non-hydrogen) atoms. The van der Waals surface area contributed by atoms with E-state index in [-0.39, 0.29) is 17.3 Å². The number of nitrogens with one attached hydrogen (secondary N) is 1. The standard InChI is InChI=1S/C11H12N4O4/c16-15(17)8-3-4-9(11-10(8)13-19-14-11)18-7-2-1-5-12-6-7/h3-4,7,12H,1-2,5-6H2. The zero-order chi connectivity index (χ0) is 13.2. The number of aromatic nitrogens is 2. The van der Waals surface area contributed by atoms with E-state index in [0.717, 1.165) is 25.9 Å². The summed E-state index contributed by atoms with van der Waals surface area (Å²) in [6.07, 6.45) is 2.02. The molecule has 2 aromatic rings. The Morgan fingerprint density at radius 3 is 3.00 bits per heavy atom. The fourth-order valence-electron chi connectivity index (χ4n) is 2.17. The lowest BCUT2D eigenvalue weighted by Gasteiger charge is -2.23. The number of piperidine rings is 1. The Morgan fingerprint density at radius 2 is 2.26 bits per heavy atom. The molecule has 1 N–H and O–H groups in total. The number of hydrogen-bond donors (Lipinski definition) is 1. The van der Waals surface area contributed by atoms with Crippen molar-refractivity contribution in [3.05, 3.63) is 22.2 Å². The maximum atomic E-state index is 10.9. The Kier molecular flexibility index (Phi) is 3.00. The molecule has 1 saturated heterocycles. The van der Waals surface area contributed by atoms with Crippen LogP contribution in [0.15, 0.2) is 16.8 Å². The van der Waals surface area contributed by atoms with Crippen LogP contribution in [0.3, 0.4) is 0 Å². The predicted octanol–water partition coefficient (Wildman–Crippen LogP) is 1.26. The summed E-state index contributed by atoms with van der Waals surface area (Å²) < 4.78 is 10.4. The Bertz CT molecular complexity index is 606. The van der Waals surface area contributed by atoms with Gasteiger partial charge in [-0.2, -0.15) is 0 Å². The number of hydrogen-bond acceptors (Lipinski definition) is 7. The second-order valence-corrected chi connectivity index (χ2v) is 4.39. The molecule has 8 nitrogen and oxygen atoms in total. The van der Waals surface area contributed by atoms with Crippen molar-refractivity contribution in [2.45, 2.75) is 18.9 Å². The van der Waals surface area contributed by atoms with Crippen LogP contribution in [-0.4, -0.2) is 34.4 Å². The molecule has 1 aromatic carbocycles. The third kappa shape index (κ3) is 2.22. The molecule has 8 heteroatoms. The van der Waals surface area contributed by atoms with Gasteiger partial charge >= 0.3 is 5.69 Å². The summed E-state index contributed by atoms with van der Waals surface area (Å²) in [5.74, 6) is 0.468. The Morgan fingerprint density at radius 1 is 1.42 bits per heavy atom. The summed E-state index contributed by atoms with van der Waals surface area (Å²) in [7, 11) is 0. The maximum Gasteiger partial charge on any atom is 0.301 e. The third-order valence-electron chi connectivity index (χ3n) is 3.10. The van der Waals surface area contributed by atoms with Crippen molar-refractivity contribution in [2.24, 2.45) is 0 Å². The van der Waals surface area contributed by atoms with Gasteiger partial charge in [-0.05, 0) is 35.8 Å². The minimum absolute atomic E-state index is 0.0371. The molecule has 0 radical (unpaired) electrons. The largest absolute Gasteiger partial charge is 0.487 e. The van der Waals surface area contributed by atoms with Gasteiger partial charge in [-0.25, -0.2) is 4.63 Å². The minimum atomic E-state index is -0.515. The van der Waals surface area contributed by atoms with Crippen LogP contribution in [0.1, 0.15) is 12.8 Å². The normalized spacial score (nSPS) is 19.5. The van der Waals surface area contributed by atoms with E-state index >= 15 is 0 Å². The number of rotatable bonds is 3. The lowest BCUT2D eigenvalue weighted by atomic mass is 10.1. The summed E-state index contributed by atoms with van der Waals surface area (Å²) in [5.41, 5.74) is 0.274. The molecule has 0 aliphatic carbocycles. The molecule has 0 amide bonds. The van der Waals surface area contributed by atoms with Crippen LogP contribution in [0.5, 0.6) is 5.75 Å². The quantitative estimate of drug-likeness (QED) is 0.657. The second kappa shape index (κ2) is 4.81. The van der Waals surface area contributed by atoms with E-state index in [0.29, 0.717) is 11.3 Å². The first-order valence-electron chi connectivity index (χ1n) is 6.03. The maximum absolute atomic E-state index is 10.9. The highest BCUT2D eigenvalue weighted by molar-refractivity contribution is 5.88.